The van der Waals surface area contributed by atoms with E-state index in [0.717, 1.165) is 11.1 Å². The van der Waals surface area contributed by atoms with E-state index in [9.17, 15) is 4.79 Å². The third-order valence-corrected chi connectivity index (χ3v) is 3.28. The van der Waals surface area contributed by atoms with E-state index in [1.54, 1.807) is 17.3 Å². The molecule has 3 rings (SSSR count). The van der Waals surface area contributed by atoms with Crippen molar-refractivity contribution in [3.05, 3.63) is 71.6 Å². The van der Waals surface area contributed by atoms with Gasteiger partial charge in [0.05, 0.1) is 0 Å². The van der Waals surface area contributed by atoms with Gasteiger partial charge in [0.25, 0.3) is 0 Å². The third-order valence-electron chi connectivity index (χ3n) is 2.36. The molecule has 0 aliphatic rings. The SMILES string of the molecule is O=C=Cc1cc[c-](-c2cccs2)c1.[Fe+2].c1cc[cH-]c1. The summed E-state index contributed by atoms with van der Waals surface area (Å²) in [6, 6.07) is 20.0. The molecule has 0 N–H and O–H groups in total. The molecule has 1 aromatic heterocycles. The molecule has 96 valence electrons. The summed E-state index contributed by atoms with van der Waals surface area (Å²) in [5, 5.41) is 2.04. The van der Waals surface area contributed by atoms with Crippen molar-refractivity contribution in [3.8, 4) is 10.4 Å². The van der Waals surface area contributed by atoms with Crippen LogP contribution in [0, 0.1) is 0 Å². The first-order chi connectivity index (χ1) is 8.90. The smallest absolute Gasteiger partial charge is 0.234 e. The van der Waals surface area contributed by atoms with Crippen molar-refractivity contribution in [1.29, 1.82) is 0 Å². The molecule has 1 heterocycles. The van der Waals surface area contributed by atoms with Crippen LogP contribution in [0.4, 0.5) is 0 Å². The molecule has 0 saturated carbocycles. The van der Waals surface area contributed by atoms with Crippen LogP contribution in [0.15, 0.2) is 66.0 Å². The van der Waals surface area contributed by atoms with Gasteiger partial charge in [0, 0.05) is 0 Å². The maximum Gasteiger partial charge on any atom is 2.00 e. The van der Waals surface area contributed by atoms with Gasteiger partial charge >= 0.3 is 17.1 Å². The zero-order valence-electron chi connectivity index (χ0n) is 10.1. The Morgan fingerprint density at radius 3 is 2.53 bits per heavy atom. The first kappa shape index (κ1) is 15.4. The third kappa shape index (κ3) is 4.86. The van der Waals surface area contributed by atoms with Gasteiger partial charge in [-0.05, 0) is 16.3 Å². The van der Waals surface area contributed by atoms with Crippen LogP contribution in [0.2, 0.25) is 0 Å². The molecule has 0 radical (unpaired) electrons. The maximum absolute atomic E-state index is 10.1. The zero-order chi connectivity index (χ0) is 12.6. The Labute approximate surface area is 127 Å². The van der Waals surface area contributed by atoms with Crippen molar-refractivity contribution in [3.63, 3.8) is 0 Å². The van der Waals surface area contributed by atoms with Crippen molar-refractivity contribution in [2.45, 2.75) is 0 Å². The molecule has 0 aliphatic carbocycles. The number of hydrogen-bond acceptors (Lipinski definition) is 2. The molecular formula is C16H12FeOS. The molecule has 19 heavy (non-hydrogen) atoms. The Balaban J connectivity index is 0.000000256. The van der Waals surface area contributed by atoms with Gasteiger partial charge < -0.3 is 0 Å². The summed E-state index contributed by atoms with van der Waals surface area (Å²) in [6.07, 6.45) is 1.44. The van der Waals surface area contributed by atoms with Gasteiger partial charge in [-0.15, -0.1) is 23.8 Å². The van der Waals surface area contributed by atoms with E-state index in [0.29, 0.717) is 0 Å². The van der Waals surface area contributed by atoms with E-state index < -0.39 is 0 Å². The van der Waals surface area contributed by atoms with Crippen LogP contribution in [0.5, 0.6) is 0 Å². The maximum atomic E-state index is 10.1. The van der Waals surface area contributed by atoms with Crippen LogP contribution in [0.25, 0.3) is 16.5 Å². The normalized spacial score (nSPS) is 8.63. The van der Waals surface area contributed by atoms with Gasteiger partial charge in [0.2, 0.25) is 0 Å². The fraction of sp³-hybridized carbons (Fsp3) is 0. The number of hydrogen-bond donors (Lipinski definition) is 0. The molecule has 2 aromatic carbocycles. The minimum Gasteiger partial charge on any atom is -0.234 e. The minimum absolute atomic E-state index is 0. The van der Waals surface area contributed by atoms with Crippen molar-refractivity contribution in [2.75, 3.05) is 0 Å². The molecule has 3 heteroatoms. The summed E-state index contributed by atoms with van der Waals surface area (Å²) >= 11 is 1.70. The summed E-state index contributed by atoms with van der Waals surface area (Å²) < 4.78 is 0. The molecule has 0 bridgehead atoms. The Morgan fingerprint density at radius 2 is 2.00 bits per heavy atom. The topological polar surface area (TPSA) is 17.1 Å². The van der Waals surface area contributed by atoms with E-state index in [4.69, 9.17) is 0 Å². The predicted octanol–water partition coefficient (Wildman–Crippen LogP) is 4.38. The second-order valence-corrected chi connectivity index (χ2v) is 4.58. The Bertz CT molecular complexity index is 582. The van der Waals surface area contributed by atoms with E-state index in [1.807, 2.05) is 60.0 Å². The summed E-state index contributed by atoms with van der Waals surface area (Å²) in [7, 11) is 0. The molecule has 0 spiro atoms. The second-order valence-electron chi connectivity index (χ2n) is 3.63. The summed E-state index contributed by atoms with van der Waals surface area (Å²) in [5.41, 5.74) is 2.08. The average Bonchev–Trinajstić information content (AvgIpc) is 3.14. The van der Waals surface area contributed by atoms with Crippen LogP contribution in [0.1, 0.15) is 5.56 Å². The number of thiophene rings is 1. The molecular weight excluding hydrogens is 296 g/mol. The largest absolute Gasteiger partial charge is 2.00 e. The number of rotatable bonds is 2. The van der Waals surface area contributed by atoms with E-state index >= 15 is 0 Å². The van der Waals surface area contributed by atoms with Gasteiger partial charge in [0.15, 0.2) is 0 Å². The molecule has 0 aliphatic heterocycles. The van der Waals surface area contributed by atoms with Crippen molar-refractivity contribution in [2.24, 2.45) is 0 Å². The summed E-state index contributed by atoms with van der Waals surface area (Å²) in [5.74, 6) is 1.77. The second kappa shape index (κ2) is 8.47. The number of carbonyl (C=O) groups excluding carboxylic acids is 1. The van der Waals surface area contributed by atoms with Crippen LogP contribution < -0.4 is 0 Å². The van der Waals surface area contributed by atoms with Gasteiger partial charge in [-0.25, -0.2) is 16.9 Å². The van der Waals surface area contributed by atoms with Gasteiger partial charge in [-0.2, -0.15) is 35.6 Å². The van der Waals surface area contributed by atoms with Gasteiger partial charge in [-0.3, -0.25) is 0 Å². The van der Waals surface area contributed by atoms with Crippen LogP contribution in [0.3, 0.4) is 0 Å². The first-order valence-electron chi connectivity index (χ1n) is 5.58. The molecule has 0 unspecified atom stereocenters. The minimum atomic E-state index is 0. The predicted molar refractivity (Wildman–Crippen MR) is 77.5 cm³/mol. The molecule has 1 nitrogen and oxygen atoms in total. The standard InChI is InChI=1S/C11H7OS.C5H5.Fe/c12-6-5-9-3-4-10(8-9)11-2-1-7-13-11;1-2-4-5-3-1;/h1-5,7-8H;1-5H;/q2*-1;+2. The van der Waals surface area contributed by atoms with E-state index in [1.165, 1.54) is 11.0 Å². The van der Waals surface area contributed by atoms with Crippen molar-refractivity contribution in [1.82, 2.24) is 0 Å². The summed E-state index contributed by atoms with van der Waals surface area (Å²) in [6.45, 7) is 0. The van der Waals surface area contributed by atoms with Crippen LogP contribution in [-0.2, 0) is 21.9 Å². The summed E-state index contributed by atoms with van der Waals surface area (Å²) in [4.78, 5) is 11.3. The molecule has 0 saturated heterocycles. The van der Waals surface area contributed by atoms with Gasteiger partial charge in [-0.1, -0.05) is 11.6 Å². The van der Waals surface area contributed by atoms with Crippen LogP contribution >= 0.6 is 11.3 Å². The first-order valence-corrected chi connectivity index (χ1v) is 6.46. The Morgan fingerprint density at radius 1 is 1.21 bits per heavy atom. The monoisotopic (exact) mass is 308 g/mol. The molecule has 0 atom stereocenters. The quantitative estimate of drug-likeness (QED) is 0.390. The fourth-order valence-corrected chi connectivity index (χ4v) is 2.26. The van der Waals surface area contributed by atoms with E-state index in [-0.39, 0.29) is 17.1 Å². The van der Waals surface area contributed by atoms with Gasteiger partial charge in [0.1, 0.15) is 5.94 Å². The van der Waals surface area contributed by atoms with E-state index in [2.05, 4.69) is 6.07 Å². The van der Waals surface area contributed by atoms with Crippen molar-refractivity contribution >= 4 is 23.4 Å². The van der Waals surface area contributed by atoms with Crippen molar-refractivity contribution < 1.29 is 21.9 Å². The molecule has 3 aromatic rings. The molecule has 0 fully saturated rings. The Hall–Kier alpha value is -1.63. The fourth-order valence-electron chi connectivity index (χ4n) is 1.54. The van der Waals surface area contributed by atoms with Crippen LogP contribution in [-0.4, -0.2) is 5.94 Å². The average molecular weight is 308 g/mol. The Kier molecular flexibility index (Phi) is 6.88. The molecule has 0 amide bonds. The zero-order valence-corrected chi connectivity index (χ0v) is 12.0.